The first-order valence-electron chi connectivity index (χ1n) is 8.68. The number of nitriles is 1. The Kier molecular flexibility index (Phi) is 4.39. The Hall–Kier alpha value is -3.52. The Morgan fingerprint density at radius 2 is 1.85 bits per heavy atom. The molecule has 27 heavy (non-hydrogen) atoms. The van der Waals surface area contributed by atoms with Crippen LogP contribution in [0.25, 0.3) is 11.1 Å². The number of fused-ring (bicyclic) bond motifs is 1. The number of hydrogen-bond acceptors (Lipinski definition) is 3. The molecular formula is C22H16FN3O. The van der Waals surface area contributed by atoms with Gasteiger partial charge in [0.2, 0.25) is 5.91 Å². The second-order valence-electron chi connectivity index (χ2n) is 6.47. The van der Waals surface area contributed by atoms with Gasteiger partial charge in [-0.25, -0.2) is 4.39 Å². The van der Waals surface area contributed by atoms with Crippen LogP contribution in [0, 0.1) is 17.1 Å². The highest BCUT2D eigenvalue weighted by Crippen LogP contribution is 2.35. The highest BCUT2D eigenvalue weighted by atomic mass is 19.1. The molecule has 2 heterocycles. The first-order chi connectivity index (χ1) is 13.2. The van der Waals surface area contributed by atoms with E-state index in [2.05, 4.69) is 11.1 Å². The summed E-state index contributed by atoms with van der Waals surface area (Å²) in [6, 6.07) is 15.5. The fraction of sp³-hybridized carbons (Fsp3) is 0.136. The van der Waals surface area contributed by atoms with Gasteiger partial charge in [-0.1, -0.05) is 24.3 Å². The summed E-state index contributed by atoms with van der Waals surface area (Å²) < 4.78 is 13.1. The second-order valence-corrected chi connectivity index (χ2v) is 6.47. The number of hydrogen-bond donors (Lipinski definition) is 0. The lowest BCUT2D eigenvalue weighted by molar-refractivity contribution is -0.117. The Morgan fingerprint density at radius 3 is 2.56 bits per heavy atom. The maximum Gasteiger partial charge on any atom is 0.231 e. The molecule has 2 aromatic carbocycles. The Morgan fingerprint density at radius 1 is 1.11 bits per heavy atom. The fourth-order valence-corrected chi connectivity index (χ4v) is 3.42. The lowest BCUT2D eigenvalue weighted by Crippen LogP contribution is -2.30. The molecule has 1 aliphatic rings. The number of anilines is 1. The van der Waals surface area contributed by atoms with Crippen LogP contribution in [-0.2, 0) is 17.6 Å². The Bertz CT molecular complexity index is 1040. The zero-order valence-corrected chi connectivity index (χ0v) is 14.5. The summed E-state index contributed by atoms with van der Waals surface area (Å²) in [5.74, 6) is -0.340. The molecule has 0 unspecified atom stereocenters. The molecule has 3 aromatic rings. The van der Waals surface area contributed by atoms with Crippen molar-refractivity contribution in [1.29, 1.82) is 5.26 Å². The monoisotopic (exact) mass is 357 g/mol. The molecule has 0 atom stereocenters. The molecule has 0 radical (unpaired) electrons. The van der Waals surface area contributed by atoms with Crippen LogP contribution >= 0.6 is 0 Å². The topological polar surface area (TPSA) is 57.0 Å². The van der Waals surface area contributed by atoms with Crippen molar-refractivity contribution >= 4 is 11.6 Å². The molecule has 4 rings (SSSR count). The predicted molar refractivity (Wildman–Crippen MR) is 101 cm³/mol. The number of amides is 1. The number of benzene rings is 2. The van der Waals surface area contributed by atoms with E-state index in [4.69, 9.17) is 5.26 Å². The van der Waals surface area contributed by atoms with Gasteiger partial charge in [-0.15, -0.1) is 0 Å². The molecule has 0 fully saturated rings. The van der Waals surface area contributed by atoms with Crippen molar-refractivity contribution in [1.82, 2.24) is 4.98 Å². The van der Waals surface area contributed by atoms with E-state index in [1.807, 2.05) is 12.1 Å². The summed E-state index contributed by atoms with van der Waals surface area (Å²) in [6.07, 6.45) is 4.50. The third-order valence-electron chi connectivity index (χ3n) is 4.81. The average Bonchev–Trinajstić information content (AvgIpc) is 3.14. The maximum absolute atomic E-state index is 13.1. The second kappa shape index (κ2) is 7.00. The minimum absolute atomic E-state index is 0.0286. The number of carbonyl (C=O) groups is 1. The standard InChI is InChI=1S/C22H16FN3O/c23-18-7-3-15(4-8-18)11-22(27)26-10-9-19-20(13-25-14-21(19)26)17-5-1-16(12-24)2-6-17/h1-8,13-14H,9-11H2. The fourth-order valence-electron chi connectivity index (χ4n) is 3.42. The van der Waals surface area contributed by atoms with Crippen LogP contribution in [0.1, 0.15) is 16.7 Å². The quantitative estimate of drug-likeness (QED) is 0.714. The van der Waals surface area contributed by atoms with Gasteiger partial charge in [-0.3, -0.25) is 9.78 Å². The van der Waals surface area contributed by atoms with Gasteiger partial charge in [-0.2, -0.15) is 5.26 Å². The summed E-state index contributed by atoms with van der Waals surface area (Å²) >= 11 is 0. The zero-order valence-electron chi connectivity index (χ0n) is 14.5. The van der Waals surface area contributed by atoms with Crippen LogP contribution < -0.4 is 4.90 Å². The lowest BCUT2D eigenvalue weighted by Gasteiger charge is -2.17. The van der Waals surface area contributed by atoms with Crippen LogP contribution in [0.4, 0.5) is 10.1 Å². The van der Waals surface area contributed by atoms with Crippen LogP contribution in [0.15, 0.2) is 60.9 Å². The van der Waals surface area contributed by atoms with Crippen molar-refractivity contribution in [2.24, 2.45) is 0 Å². The number of nitrogens with zero attached hydrogens (tertiary/aromatic N) is 3. The minimum Gasteiger partial charge on any atom is -0.310 e. The van der Waals surface area contributed by atoms with Gasteiger partial charge < -0.3 is 4.90 Å². The maximum atomic E-state index is 13.1. The summed E-state index contributed by atoms with van der Waals surface area (Å²) in [5.41, 5.74) is 5.26. The first kappa shape index (κ1) is 16.9. The van der Waals surface area contributed by atoms with E-state index in [-0.39, 0.29) is 18.1 Å². The summed E-state index contributed by atoms with van der Waals surface area (Å²) in [5, 5.41) is 8.96. The molecule has 1 aliphatic heterocycles. The minimum atomic E-state index is -0.311. The summed E-state index contributed by atoms with van der Waals surface area (Å²) in [4.78, 5) is 18.8. The molecule has 0 spiro atoms. The van der Waals surface area contributed by atoms with Crippen molar-refractivity contribution in [2.75, 3.05) is 11.4 Å². The van der Waals surface area contributed by atoms with Gasteiger partial charge in [0.15, 0.2) is 0 Å². The number of carbonyl (C=O) groups excluding carboxylic acids is 1. The number of pyridine rings is 1. The van der Waals surface area contributed by atoms with Crippen molar-refractivity contribution < 1.29 is 9.18 Å². The van der Waals surface area contributed by atoms with Crippen LogP contribution in [0.5, 0.6) is 0 Å². The highest BCUT2D eigenvalue weighted by molar-refractivity contribution is 5.97. The van der Waals surface area contributed by atoms with E-state index in [9.17, 15) is 9.18 Å². The molecule has 5 heteroatoms. The zero-order chi connectivity index (χ0) is 18.8. The number of aromatic nitrogens is 1. The van der Waals surface area contributed by atoms with Crippen LogP contribution in [0.2, 0.25) is 0 Å². The van der Waals surface area contributed by atoms with Crippen LogP contribution in [0.3, 0.4) is 0 Å². The van der Waals surface area contributed by atoms with Gasteiger partial charge >= 0.3 is 0 Å². The number of rotatable bonds is 3. The van der Waals surface area contributed by atoms with E-state index in [0.717, 1.165) is 34.4 Å². The number of halogens is 1. The molecular weight excluding hydrogens is 341 g/mol. The van der Waals surface area contributed by atoms with Crippen molar-refractivity contribution in [2.45, 2.75) is 12.8 Å². The van der Waals surface area contributed by atoms with Crippen molar-refractivity contribution in [3.05, 3.63) is 83.4 Å². The molecule has 4 nitrogen and oxygen atoms in total. The van der Waals surface area contributed by atoms with Crippen LogP contribution in [-0.4, -0.2) is 17.4 Å². The molecule has 1 amide bonds. The molecule has 0 saturated heterocycles. The van der Waals surface area contributed by atoms with Gasteiger partial charge in [0, 0.05) is 18.3 Å². The third-order valence-corrected chi connectivity index (χ3v) is 4.81. The van der Waals surface area contributed by atoms with E-state index >= 15 is 0 Å². The SMILES string of the molecule is N#Cc1ccc(-c2cncc3c2CCN3C(=O)Cc2ccc(F)cc2)cc1. The summed E-state index contributed by atoms with van der Waals surface area (Å²) in [7, 11) is 0. The predicted octanol–water partition coefficient (Wildman–Crippen LogP) is 3.89. The highest BCUT2D eigenvalue weighted by Gasteiger charge is 2.27. The largest absolute Gasteiger partial charge is 0.310 e. The van der Waals surface area contributed by atoms with Gasteiger partial charge in [0.1, 0.15) is 5.82 Å². The molecule has 132 valence electrons. The molecule has 0 saturated carbocycles. The normalized spacial score (nSPS) is 12.5. The van der Waals surface area contributed by atoms with Crippen molar-refractivity contribution in [3.63, 3.8) is 0 Å². The Balaban J connectivity index is 1.61. The van der Waals surface area contributed by atoms with Gasteiger partial charge in [-0.05, 0) is 47.4 Å². The van der Waals surface area contributed by atoms with E-state index in [1.165, 1.54) is 12.1 Å². The molecule has 0 aliphatic carbocycles. The molecule has 1 aromatic heterocycles. The molecule has 0 bridgehead atoms. The Labute approximate surface area is 156 Å². The smallest absolute Gasteiger partial charge is 0.231 e. The summed E-state index contributed by atoms with van der Waals surface area (Å²) in [6.45, 7) is 0.602. The average molecular weight is 357 g/mol. The van der Waals surface area contributed by atoms with E-state index in [0.29, 0.717) is 12.1 Å². The molecule has 0 N–H and O–H groups in total. The third kappa shape index (κ3) is 3.30. The van der Waals surface area contributed by atoms with Gasteiger partial charge in [0.05, 0.1) is 29.9 Å². The van der Waals surface area contributed by atoms with E-state index < -0.39 is 0 Å². The lowest BCUT2D eigenvalue weighted by atomic mass is 9.99. The first-order valence-corrected chi connectivity index (χ1v) is 8.68. The van der Waals surface area contributed by atoms with Crippen molar-refractivity contribution in [3.8, 4) is 17.2 Å². The van der Waals surface area contributed by atoms with Gasteiger partial charge in [0.25, 0.3) is 0 Å². The van der Waals surface area contributed by atoms with E-state index in [1.54, 1.807) is 41.6 Å².